The maximum Gasteiger partial charge on any atom is 0.323 e. The van der Waals surface area contributed by atoms with Crippen LogP contribution in [0.2, 0.25) is 0 Å². The minimum Gasteiger partial charge on any atom is -0.494 e. The van der Waals surface area contributed by atoms with Crippen LogP contribution in [0.5, 0.6) is 5.75 Å². The van der Waals surface area contributed by atoms with Gasteiger partial charge >= 0.3 is 6.03 Å². The Labute approximate surface area is 284 Å². The number of rotatable bonds is 13. The molecule has 1 fully saturated rings. The Morgan fingerprint density at radius 1 is 0.938 bits per heavy atom. The molecule has 0 saturated carbocycles. The second-order valence-corrected chi connectivity index (χ2v) is 13.5. The van der Waals surface area contributed by atoms with Crippen molar-refractivity contribution in [3.8, 4) is 16.9 Å². The second kappa shape index (κ2) is 16.2. The van der Waals surface area contributed by atoms with Crippen molar-refractivity contribution in [2.24, 2.45) is 0 Å². The number of unbranched alkanes of at least 4 members (excludes halogenated alkanes) is 1. The molecule has 0 spiro atoms. The van der Waals surface area contributed by atoms with Crippen LogP contribution in [0.1, 0.15) is 96.1 Å². The summed E-state index contributed by atoms with van der Waals surface area (Å²) in [5.41, 5.74) is 11.5. The van der Waals surface area contributed by atoms with Crippen LogP contribution in [-0.2, 0) is 6.54 Å². The van der Waals surface area contributed by atoms with Crippen molar-refractivity contribution in [2.75, 3.05) is 42.6 Å². The predicted octanol–water partition coefficient (Wildman–Crippen LogP) is 8.59. The van der Waals surface area contributed by atoms with Gasteiger partial charge in [-0.15, -0.1) is 0 Å². The number of anilines is 3. The first kappa shape index (κ1) is 35.0. The van der Waals surface area contributed by atoms with Gasteiger partial charge in [0.2, 0.25) is 0 Å². The normalized spacial score (nSPS) is 13.7. The lowest BCUT2D eigenvalue weighted by atomic mass is 9.91. The van der Waals surface area contributed by atoms with Crippen molar-refractivity contribution in [1.82, 2.24) is 14.5 Å². The molecule has 2 aromatic heterocycles. The minimum absolute atomic E-state index is 0.0789. The Morgan fingerprint density at radius 3 is 2.44 bits per heavy atom. The number of fused-ring (bicyclic) bond motifs is 1. The molecule has 0 aliphatic carbocycles. The summed E-state index contributed by atoms with van der Waals surface area (Å²) in [6, 6.07) is 15.0. The number of pyridine rings is 2. The van der Waals surface area contributed by atoms with E-state index in [1.165, 1.54) is 32.4 Å². The van der Waals surface area contributed by atoms with Gasteiger partial charge in [0, 0.05) is 41.5 Å². The van der Waals surface area contributed by atoms with Crippen LogP contribution in [-0.4, -0.2) is 46.7 Å². The second-order valence-electron chi connectivity index (χ2n) is 13.5. The smallest absolute Gasteiger partial charge is 0.323 e. The zero-order valence-corrected chi connectivity index (χ0v) is 29.3. The van der Waals surface area contributed by atoms with Gasteiger partial charge in [0.05, 0.1) is 12.3 Å². The van der Waals surface area contributed by atoms with Crippen molar-refractivity contribution in [2.45, 2.75) is 91.5 Å². The zero-order chi connectivity index (χ0) is 34.2. The highest BCUT2D eigenvalue weighted by molar-refractivity contribution is 6.08. The number of carbonyl (C=O) groups is 1. The summed E-state index contributed by atoms with van der Waals surface area (Å²) >= 11 is 0. The summed E-state index contributed by atoms with van der Waals surface area (Å²) in [6.07, 6.45) is 8.23. The maximum absolute atomic E-state index is 14.3. The molecule has 4 aromatic rings. The van der Waals surface area contributed by atoms with Gasteiger partial charge < -0.3 is 26.0 Å². The molecule has 9 heteroatoms. The number of aryl methyl sites for hydroxylation is 1. The number of carbonyl (C=O) groups excluding carboxylic acids is 1. The van der Waals surface area contributed by atoms with Crippen molar-refractivity contribution >= 4 is 34.1 Å². The van der Waals surface area contributed by atoms with E-state index in [-0.39, 0.29) is 23.1 Å². The van der Waals surface area contributed by atoms with Crippen molar-refractivity contribution in [3.05, 3.63) is 76.2 Å². The average molecular weight is 653 g/mol. The molecular weight excluding hydrogens is 600 g/mol. The molecule has 3 heterocycles. The molecule has 9 nitrogen and oxygen atoms in total. The Bertz CT molecular complexity index is 1770. The molecular formula is C39H52N6O3. The number of nitrogen functional groups attached to an aromatic ring is 1. The number of nitrogens with zero attached hydrogens (tertiary/aromatic N) is 3. The zero-order valence-electron chi connectivity index (χ0n) is 29.3. The Kier molecular flexibility index (Phi) is 11.8. The van der Waals surface area contributed by atoms with Crippen molar-refractivity contribution in [1.29, 1.82) is 0 Å². The van der Waals surface area contributed by atoms with Gasteiger partial charge in [0.1, 0.15) is 17.1 Å². The molecule has 2 amide bonds. The topological polar surface area (TPSA) is 115 Å². The molecule has 1 aliphatic rings. The molecule has 1 saturated heterocycles. The fourth-order valence-electron chi connectivity index (χ4n) is 6.78. The van der Waals surface area contributed by atoms with E-state index < -0.39 is 6.03 Å². The van der Waals surface area contributed by atoms with Gasteiger partial charge in [0.15, 0.2) is 0 Å². The average Bonchev–Trinajstić information content (AvgIpc) is 3.07. The minimum atomic E-state index is -0.502. The molecule has 256 valence electrons. The predicted molar refractivity (Wildman–Crippen MR) is 198 cm³/mol. The van der Waals surface area contributed by atoms with Crippen LogP contribution in [0.4, 0.5) is 21.9 Å². The lowest BCUT2D eigenvalue weighted by Crippen LogP contribution is -2.31. The van der Waals surface area contributed by atoms with E-state index in [2.05, 4.69) is 55.1 Å². The molecule has 0 unspecified atom stereocenters. The Hall–Kier alpha value is -4.37. The van der Waals surface area contributed by atoms with Gasteiger partial charge in [-0.05, 0) is 92.1 Å². The maximum atomic E-state index is 14.3. The monoisotopic (exact) mass is 652 g/mol. The van der Waals surface area contributed by atoms with Gasteiger partial charge in [-0.25, -0.2) is 9.78 Å². The van der Waals surface area contributed by atoms with Gasteiger partial charge in [-0.1, -0.05) is 65.7 Å². The number of piperidine rings is 1. The SMILES string of the molecule is CCCCn1c(=O)c(NC(=O)Nc2c(C(C)C)ccc(N)c2C(C)C)c(-c2cccc(OCCCN3CCCCC3)c2)c2cccnc21. The first-order chi connectivity index (χ1) is 23.2. The van der Waals surface area contributed by atoms with E-state index in [9.17, 15) is 9.59 Å². The van der Waals surface area contributed by atoms with E-state index in [4.69, 9.17) is 10.5 Å². The Morgan fingerprint density at radius 2 is 1.71 bits per heavy atom. The third-order valence-corrected chi connectivity index (χ3v) is 9.20. The van der Waals surface area contributed by atoms with Crippen molar-refractivity contribution < 1.29 is 9.53 Å². The third-order valence-electron chi connectivity index (χ3n) is 9.20. The van der Waals surface area contributed by atoms with Crippen LogP contribution >= 0.6 is 0 Å². The number of nitrogens with two attached hydrogens (primary N) is 1. The Balaban J connectivity index is 1.53. The fraction of sp³-hybridized carbons (Fsp3) is 0.462. The molecule has 0 atom stereocenters. The summed E-state index contributed by atoms with van der Waals surface area (Å²) < 4.78 is 7.90. The van der Waals surface area contributed by atoms with E-state index in [1.54, 1.807) is 10.8 Å². The number of aromatic nitrogens is 2. The van der Waals surface area contributed by atoms with Crippen LogP contribution < -0.4 is 26.7 Å². The molecule has 5 rings (SSSR count). The largest absolute Gasteiger partial charge is 0.494 e. The van der Waals surface area contributed by atoms with E-state index in [0.717, 1.165) is 53.6 Å². The highest BCUT2D eigenvalue weighted by atomic mass is 16.5. The summed E-state index contributed by atoms with van der Waals surface area (Å²) in [5, 5.41) is 6.87. The first-order valence-corrected chi connectivity index (χ1v) is 17.7. The number of benzene rings is 2. The number of ether oxygens (including phenoxy) is 1. The highest BCUT2D eigenvalue weighted by Crippen LogP contribution is 2.38. The van der Waals surface area contributed by atoms with Gasteiger partial charge in [-0.3, -0.25) is 9.36 Å². The summed E-state index contributed by atoms with van der Waals surface area (Å²) in [4.78, 5) is 35.5. The van der Waals surface area contributed by atoms with Crippen molar-refractivity contribution in [3.63, 3.8) is 0 Å². The molecule has 1 aliphatic heterocycles. The fourth-order valence-corrected chi connectivity index (χ4v) is 6.78. The van der Waals surface area contributed by atoms with E-state index >= 15 is 0 Å². The van der Waals surface area contributed by atoms with Gasteiger partial charge in [-0.2, -0.15) is 0 Å². The number of likely N-dealkylation sites (tertiary alicyclic amines) is 1. The van der Waals surface area contributed by atoms with Crippen LogP contribution in [0.3, 0.4) is 0 Å². The lowest BCUT2D eigenvalue weighted by molar-refractivity contribution is 0.205. The summed E-state index contributed by atoms with van der Waals surface area (Å²) in [6.45, 7) is 14.8. The summed E-state index contributed by atoms with van der Waals surface area (Å²) in [5.74, 6) is 0.946. The molecule has 0 bridgehead atoms. The first-order valence-electron chi connectivity index (χ1n) is 17.7. The molecule has 4 N–H and O–H groups in total. The lowest BCUT2D eigenvalue weighted by Gasteiger charge is -2.26. The quantitative estimate of drug-likeness (QED) is 0.0985. The molecule has 48 heavy (non-hydrogen) atoms. The summed E-state index contributed by atoms with van der Waals surface area (Å²) in [7, 11) is 0. The van der Waals surface area contributed by atoms with Crippen LogP contribution in [0.15, 0.2) is 59.5 Å². The molecule has 2 aromatic carbocycles. The number of amides is 2. The standard InChI is InChI=1S/C39H52N6O3/c1-6-7-23-45-37-31(16-12-19-41-37)34(28-14-11-15-29(25-28)48-24-13-22-44-20-9-8-10-21-44)36(38(45)46)43-39(47)42-35-30(26(2)3)17-18-32(40)33(35)27(4)5/h11-12,14-19,25-27H,6-10,13,20-24,40H2,1-5H3,(H2,42,43,47). The number of urea groups is 1. The van der Waals surface area contributed by atoms with Crippen LogP contribution in [0, 0.1) is 0 Å². The third kappa shape index (κ3) is 8.01. The molecule has 0 radical (unpaired) electrons. The van der Waals surface area contributed by atoms with E-state index in [0.29, 0.717) is 35.7 Å². The number of hydrogen-bond donors (Lipinski definition) is 3. The number of nitrogens with one attached hydrogen (secondary N) is 2. The van der Waals surface area contributed by atoms with Crippen LogP contribution in [0.25, 0.3) is 22.2 Å². The van der Waals surface area contributed by atoms with Gasteiger partial charge in [0.25, 0.3) is 5.56 Å². The van der Waals surface area contributed by atoms with E-state index in [1.807, 2.05) is 48.5 Å². The highest BCUT2D eigenvalue weighted by Gasteiger charge is 2.23. The number of hydrogen-bond acceptors (Lipinski definition) is 6.